The molecule has 4 rings (SSSR count). The van der Waals surface area contributed by atoms with E-state index in [4.69, 9.17) is 10.5 Å². The van der Waals surface area contributed by atoms with Gasteiger partial charge in [-0.05, 0) is 54.2 Å². The number of aliphatic carboxylic acids is 1. The number of hydrogen-bond acceptors (Lipinski definition) is 5. The Balaban J connectivity index is 1.49. The first kappa shape index (κ1) is 29.0. The average Bonchev–Trinajstić information content (AvgIpc) is 3.00. The number of anilines is 1. The van der Waals surface area contributed by atoms with Crippen molar-refractivity contribution in [2.45, 2.75) is 38.0 Å². The van der Waals surface area contributed by atoms with E-state index in [1.165, 1.54) is 12.1 Å². The lowest BCUT2D eigenvalue weighted by Crippen LogP contribution is -2.41. The van der Waals surface area contributed by atoms with E-state index >= 15 is 0 Å². The van der Waals surface area contributed by atoms with Crippen molar-refractivity contribution in [3.05, 3.63) is 131 Å². The maximum Gasteiger partial charge on any atom is 0.326 e. The lowest BCUT2D eigenvalue weighted by Gasteiger charge is -2.18. The Kier molecular flexibility index (Phi) is 10.2. The molecule has 4 aromatic carbocycles. The zero-order chi connectivity index (χ0) is 29.0. The molecular formula is C33H33N3O5. The molecule has 0 fully saturated rings. The number of rotatable bonds is 13. The second-order valence-corrected chi connectivity index (χ2v) is 9.66. The zero-order valence-corrected chi connectivity index (χ0v) is 22.5. The third-order valence-corrected chi connectivity index (χ3v) is 6.54. The maximum atomic E-state index is 13.1. The molecule has 0 heterocycles. The van der Waals surface area contributed by atoms with Crippen molar-refractivity contribution < 1.29 is 24.2 Å². The minimum absolute atomic E-state index is 0.194. The summed E-state index contributed by atoms with van der Waals surface area (Å²) in [7, 11) is 0. The van der Waals surface area contributed by atoms with Crippen molar-refractivity contribution in [1.82, 2.24) is 5.32 Å². The largest absolute Gasteiger partial charge is 0.487 e. The maximum absolute atomic E-state index is 13.1. The van der Waals surface area contributed by atoms with Gasteiger partial charge in [0.2, 0.25) is 5.91 Å². The average molecular weight is 552 g/mol. The van der Waals surface area contributed by atoms with Gasteiger partial charge in [0.1, 0.15) is 18.4 Å². The first-order valence-electron chi connectivity index (χ1n) is 13.4. The van der Waals surface area contributed by atoms with Gasteiger partial charge in [0, 0.05) is 5.56 Å². The number of carboxylic acids is 1. The topological polar surface area (TPSA) is 131 Å². The fourth-order valence-electron chi connectivity index (χ4n) is 4.26. The predicted octanol–water partition coefficient (Wildman–Crippen LogP) is 4.59. The molecule has 0 aromatic heterocycles. The summed E-state index contributed by atoms with van der Waals surface area (Å²) in [6.45, 7) is 0.194. The Morgan fingerprint density at radius 2 is 1.37 bits per heavy atom. The monoisotopic (exact) mass is 551 g/mol. The molecule has 0 radical (unpaired) electrons. The summed E-state index contributed by atoms with van der Waals surface area (Å²) >= 11 is 0. The molecule has 0 aliphatic heterocycles. The van der Waals surface area contributed by atoms with Crippen LogP contribution in [0.2, 0.25) is 0 Å². The molecule has 41 heavy (non-hydrogen) atoms. The van der Waals surface area contributed by atoms with E-state index in [1.807, 2.05) is 91.0 Å². The zero-order valence-electron chi connectivity index (χ0n) is 22.5. The molecule has 4 aromatic rings. The Morgan fingerprint density at radius 3 is 1.98 bits per heavy atom. The number of carboxylic acid groups (broad SMARTS) is 1. The van der Waals surface area contributed by atoms with E-state index in [-0.39, 0.29) is 24.3 Å². The number of nitrogens with one attached hydrogen (secondary N) is 2. The van der Waals surface area contributed by atoms with Crippen LogP contribution in [-0.2, 0) is 29.0 Å². The Bertz CT molecular complexity index is 1450. The Morgan fingerprint density at radius 1 is 0.780 bits per heavy atom. The molecule has 2 atom stereocenters. The highest BCUT2D eigenvalue weighted by Gasteiger charge is 2.22. The number of hydrogen-bond donors (Lipinski definition) is 4. The van der Waals surface area contributed by atoms with Crippen LogP contribution in [0.25, 0.3) is 0 Å². The van der Waals surface area contributed by atoms with Crippen molar-refractivity contribution in [2.75, 3.05) is 5.32 Å². The summed E-state index contributed by atoms with van der Waals surface area (Å²) < 4.78 is 6.02. The molecule has 0 bridgehead atoms. The highest BCUT2D eigenvalue weighted by molar-refractivity contribution is 6.00. The van der Waals surface area contributed by atoms with E-state index in [1.54, 1.807) is 6.07 Å². The molecule has 0 saturated carbocycles. The SMILES string of the molecule is N[C@@H](Cc1ccccc1)C(=O)Nc1ccc(C(=O)N[C@@H](CCc2ccccc2)C(=O)O)cc1OCc1ccccc1. The normalized spacial score (nSPS) is 12.1. The first-order valence-corrected chi connectivity index (χ1v) is 13.4. The Hall–Kier alpha value is -4.95. The van der Waals surface area contributed by atoms with Crippen LogP contribution in [0.5, 0.6) is 5.75 Å². The summed E-state index contributed by atoms with van der Waals surface area (Å²) in [5, 5.41) is 15.1. The van der Waals surface area contributed by atoms with Gasteiger partial charge in [-0.2, -0.15) is 0 Å². The number of ether oxygens (including phenoxy) is 1. The third kappa shape index (κ3) is 8.78. The third-order valence-electron chi connectivity index (χ3n) is 6.54. The number of nitrogens with two attached hydrogens (primary N) is 1. The number of carbonyl (C=O) groups excluding carboxylic acids is 2. The lowest BCUT2D eigenvalue weighted by atomic mass is 10.0. The number of amides is 2. The van der Waals surface area contributed by atoms with E-state index in [9.17, 15) is 19.5 Å². The van der Waals surface area contributed by atoms with Gasteiger partial charge in [-0.3, -0.25) is 9.59 Å². The van der Waals surface area contributed by atoms with Crippen LogP contribution in [-0.4, -0.2) is 35.0 Å². The van der Waals surface area contributed by atoms with Crippen LogP contribution in [0.4, 0.5) is 5.69 Å². The molecule has 0 spiro atoms. The van der Waals surface area contributed by atoms with Crippen molar-refractivity contribution in [3.63, 3.8) is 0 Å². The van der Waals surface area contributed by atoms with Crippen molar-refractivity contribution in [1.29, 1.82) is 0 Å². The van der Waals surface area contributed by atoms with Crippen LogP contribution < -0.4 is 21.1 Å². The quantitative estimate of drug-likeness (QED) is 0.192. The molecule has 0 aliphatic rings. The minimum Gasteiger partial charge on any atom is -0.487 e. The van der Waals surface area contributed by atoms with Crippen LogP contribution in [0.15, 0.2) is 109 Å². The summed E-state index contributed by atoms with van der Waals surface area (Å²) in [5.74, 6) is -1.82. The van der Waals surface area contributed by atoms with Gasteiger partial charge in [0.15, 0.2) is 0 Å². The molecule has 0 aliphatic carbocycles. The van der Waals surface area contributed by atoms with E-state index in [0.717, 1.165) is 16.7 Å². The molecule has 8 nitrogen and oxygen atoms in total. The Labute approximate surface area is 239 Å². The molecule has 5 N–H and O–H groups in total. The molecule has 0 unspecified atom stereocenters. The molecule has 2 amide bonds. The molecule has 0 saturated heterocycles. The summed E-state index contributed by atoms with van der Waals surface area (Å²) in [6, 6.07) is 31.1. The second kappa shape index (κ2) is 14.4. The van der Waals surface area contributed by atoms with E-state index in [0.29, 0.717) is 18.5 Å². The highest BCUT2D eigenvalue weighted by atomic mass is 16.5. The molecular weight excluding hydrogens is 518 g/mol. The fourth-order valence-corrected chi connectivity index (χ4v) is 4.26. The van der Waals surface area contributed by atoms with E-state index in [2.05, 4.69) is 10.6 Å². The van der Waals surface area contributed by atoms with E-state index < -0.39 is 29.9 Å². The smallest absolute Gasteiger partial charge is 0.326 e. The first-order chi connectivity index (χ1) is 19.9. The van der Waals surface area contributed by atoms with Crippen molar-refractivity contribution in [2.24, 2.45) is 5.73 Å². The van der Waals surface area contributed by atoms with Gasteiger partial charge in [-0.1, -0.05) is 91.0 Å². The number of benzene rings is 4. The summed E-state index contributed by atoms with van der Waals surface area (Å²) in [5.41, 5.74) is 9.53. The minimum atomic E-state index is -1.12. The highest BCUT2D eigenvalue weighted by Crippen LogP contribution is 2.27. The number of aryl methyl sites for hydroxylation is 1. The van der Waals surface area contributed by atoms with Crippen LogP contribution in [0, 0.1) is 0 Å². The number of carbonyl (C=O) groups is 3. The second-order valence-electron chi connectivity index (χ2n) is 9.66. The van der Waals surface area contributed by atoms with Crippen LogP contribution in [0.3, 0.4) is 0 Å². The van der Waals surface area contributed by atoms with Gasteiger partial charge in [0.25, 0.3) is 5.91 Å². The summed E-state index contributed by atoms with van der Waals surface area (Å²) in [4.78, 5) is 37.9. The van der Waals surface area contributed by atoms with Crippen LogP contribution >= 0.6 is 0 Å². The standard InChI is InChI=1S/C33H33N3O5/c34-27(20-24-12-6-2-7-13-24)32(38)35-28-19-17-26(21-30(28)41-22-25-14-8-3-9-15-25)31(37)36-29(33(39)40)18-16-23-10-4-1-5-11-23/h1-15,17,19,21,27,29H,16,18,20,22,34H2,(H,35,38)(H,36,37)(H,39,40)/t27-,29-/m0/s1. The van der Waals surface area contributed by atoms with Crippen molar-refractivity contribution in [3.8, 4) is 5.75 Å². The van der Waals surface area contributed by atoms with Gasteiger partial charge < -0.3 is 26.2 Å². The fraction of sp³-hybridized carbons (Fsp3) is 0.182. The van der Waals surface area contributed by atoms with Gasteiger partial charge in [-0.25, -0.2) is 4.79 Å². The van der Waals surface area contributed by atoms with Gasteiger partial charge >= 0.3 is 5.97 Å². The predicted molar refractivity (Wildman–Crippen MR) is 158 cm³/mol. The van der Waals surface area contributed by atoms with Crippen molar-refractivity contribution >= 4 is 23.5 Å². The van der Waals surface area contributed by atoms with Gasteiger partial charge in [0.05, 0.1) is 11.7 Å². The van der Waals surface area contributed by atoms with Gasteiger partial charge in [-0.15, -0.1) is 0 Å². The summed E-state index contributed by atoms with van der Waals surface area (Å²) in [6.07, 6.45) is 1.08. The lowest BCUT2D eigenvalue weighted by molar-refractivity contribution is -0.139. The molecule has 210 valence electrons. The van der Waals surface area contributed by atoms with Crippen LogP contribution in [0.1, 0.15) is 33.5 Å². The molecule has 8 heteroatoms.